The number of nitrogens with zero attached hydrogens (tertiary/aromatic N) is 3. The fourth-order valence-electron chi connectivity index (χ4n) is 2.77. The zero-order valence-corrected chi connectivity index (χ0v) is 13.5. The van der Waals surface area contributed by atoms with E-state index in [1.807, 2.05) is 71.3 Å². The lowest BCUT2D eigenvalue weighted by atomic mass is 10.1. The van der Waals surface area contributed by atoms with Crippen molar-refractivity contribution in [2.75, 3.05) is 0 Å². The van der Waals surface area contributed by atoms with Gasteiger partial charge < -0.3 is 5.32 Å². The van der Waals surface area contributed by atoms with Gasteiger partial charge in [-0.2, -0.15) is 0 Å². The first-order valence-electron chi connectivity index (χ1n) is 8.02. The summed E-state index contributed by atoms with van der Waals surface area (Å²) in [4.78, 5) is 21.4. The largest absolute Gasteiger partial charge is 0.348 e. The topological polar surface area (TPSA) is 59.8 Å². The summed E-state index contributed by atoms with van der Waals surface area (Å²) in [6.45, 7) is 0.483. The third kappa shape index (κ3) is 2.99. The van der Waals surface area contributed by atoms with Crippen molar-refractivity contribution in [1.29, 1.82) is 0 Å². The molecule has 0 saturated heterocycles. The molecule has 0 unspecified atom stereocenters. The number of amides is 1. The minimum absolute atomic E-state index is 0.128. The summed E-state index contributed by atoms with van der Waals surface area (Å²) in [5, 5.41) is 2.97. The minimum Gasteiger partial charge on any atom is -0.348 e. The molecular formula is C20H16N4O. The molecule has 0 bridgehead atoms. The second kappa shape index (κ2) is 6.57. The van der Waals surface area contributed by atoms with Crippen LogP contribution < -0.4 is 5.32 Å². The summed E-state index contributed by atoms with van der Waals surface area (Å²) >= 11 is 0. The van der Waals surface area contributed by atoms with Gasteiger partial charge in [0.05, 0.1) is 11.3 Å². The summed E-state index contributed by atoms with van der Waals surface area (Å²) in [6.07, 6.45) is 3.42. The van der Waals surface area contributed by atoms with Crippen LogP contribution in [0, 0.1) is 0 Å². The highest BCUT2D eigenvalue weighted by molar-refractivity contribution is 5.98. The Balaban J connectivity index is 1.66. The fourth-order valence-corrected chi connectivity index (χ4v) is 2.77. The summed E-state index contributed by atoms with van der Waals surface area (Å²) in [7, 11) is 0. The molecule has 1 N–H and O–H groups in total. The molecule has 0 atom stereocenters. The van der Waals surface area contributed by atoms with Gasteiger partial charge in [-0.05, 0) is 29.8 Å². The predicted molar refractivity (Wildman–Crippen MR) is 96.5 cm³/mol. The maximum atomic E-state index is 12.7. The van der Waals surface area contributed by atoms with Crippen LogP contribution in [0.5, 0.6) is 0 Å². The number of para-hydroxylation sites is 1. The molecule has 2 aromatic carbocycles. The van der Waals surface area contributed by atoms with Gasteiger partial charge in [0.1, 0.15) is 11.8 Å². The average molecular weight is 328 g/mol. The Morgan fingerprint density at radius 1 is 0.920 bits per heavy atom. The van der Waals surface area contributed by atoms with Crippen LogP contribution >= 0.6 is 0 Å². The van der Waals surface area contributed by atoms with E-state index in [1.165, 1.54) is 0 Å². The maximum Gasteiger partial charge on any atom is 0.253 e. The Hall–Kier alpha value is -3.47. The molecule has 0 spiro atoms. The first-order valence-corrected chi connectivity index (χ1v) is 8.02. The second-order valence-electron chi connectivity index (χ2n) is 5.65. The normalized spacial score (nSPS) is 10.7. The van der Waals surface area contributed by atoms with E-state index < -0.39 is 0 Å². The van der Waals surface area contributed by atoms with E-state index >= 15 is 0 Å². The highest BCUT2D eigenvalue weighted by Gasteiger charge is 2.14. The van der Waals surface area contributed by atoms with Crippen LogP contribution in [0.2, 0.25) is 0 Å². The van der Waals surface area contributed by atoms with Crippen molar-refractivity contribution in [1.82, 2.24) is 19.9 Å². The minimum atomic E-state index is -0.128. The van der Waals surface area contributed by atoms with E-state index in [9.17, 15) is 4.79 Å². The molecule has 1 amide bonds. The van der Waals surface area contributed by atoms with Crippen LogP contribution in [-0.4, -0.2) is 20.4 Å². The lowest BCUT2D eigenvalue weighted by Crippen LogP contribution is -2.24. The maximum absolute atomic E-state index is 12.7. The molecule has 4 rings (SSSR count). The first-order chi connectivity index (χ1) is 12.3. The molecule has 0 aliphatic heterocycles. The van der Waals surface area contributed by atoms with E-state index in [2.05, 4.69) is 15.3 Å². The fraction of sp³-hybridized carbons (Fsp3) is 0.0500. The molecule has 0 aliphatic rings. The molecule has 25 heavy (non-hydrogen) atoms. The average Bonchev–Trinajstić information content (AvgIpc) is 3.11. The van der Waals surface area contributed by atoms with E-state index in [1.54, 1.807) is 12.5 Å². The molecule has 0 saturated carbocycles. The molecule has 0 fully saturated rings. The number of carbonyl (C=O) groups is 1. The second-order valence-corrected chi connectivity index (χ2v) is 5.65. The molecule has 0 radical (unpaired) electrons. The van der Waals surface area contributed by atoms with Gasteiger partial charge in [-0.15, -0.1) is 0 Å². The third-order valence-corrected chi connectivity index (χ3v) is 4.01. The number of rotatable bonds is 4. The molecule has 5 nitrogen and oxygen atoms in total. The van der Waals surface area contributed by atoms with Crippen molar-refractivity contribution in [3.8, 4) is 5.69 Å². The highest BCUT2D eigenvalue weighted by atomic mass is 16.1. The van der Waals surface area contributed by atoms with Crippen molar-refractivity contribution in [2.45, 2.75) is 6.54 Å². The number of hydrogen-bond acceptors (Lipinski definition) is 3. The number of hydrogen-bond donors (Lipinski definition) is 1. The Kier molecular flexibility index (Phi) is 3.96. The Labute approximate surface area is 145 Å². The highest BCUT2D eigenvalue weighted by Crippen LogP contribution is 2.19. The van der Waals surface area contributed by atoms with Gasteiger partial charge in [0.25, 0.3) is 5.91 Å². The summed E-state index contributed by atoms with van der Waals surface area (Å²) in [5.41, 5.74) is 3.92. The number of pyridine rings is 1. The number of nitrogens with one attached hydrogen (secondary N) is 1. The monoisotopic (exact) mass is 328 g/mol. The van der Waals surface area contributed by atoms with Gasteiger partial charge in [-0.25, -0.2) is 9.97 Å². The Morgan fingerprint density at radius 2 is 1.72 bits per heavy atom. The standard InChI is InChI=1S/C20H16N4O/c25-20(22-13-15-7-2-1-3-8-15)16-9-4-5-11-18(16)24-14-23-17-10-6-12-21-19(17)24/h1-12,14H,13H2,(H,22,25). The Morgan fingerprint density at radius 3 is 2.60 bits per heavy atom. The van der Waals surface area contributed by atoms with Gasteiger partial charge in [-0.1, -0.05) is 42.5 Å². The smallest absolute Gasteiger partial charge is 0.253 e. The SMILES string of the molecule is O=C(NCc1ccccc1)c1ccccc1-n1cnc2cccnc21. The zero-order valence-electron chi connectivity index (χ0n) is 13.5. The first kappa shape index (κ1) is 15.1. The van der Waals surface area contributed by atoms with Crippen molar-refractivity contribution in [2.24, 2.45) is 0 Å². The lowest BCUT2D eigenvalue weighted by Gasteiger charge is -2.11. The van der Waals surface area contributed by atoms with E-state index in [0.29, 0.717) is 12.1 Å². The van der Waals surface area contributed by atoms with Crippen LogP contribution in [0.25, 0.3) is 16.9 Å². The zero-order chi connectivity index (χ0) is 17.1. The van der Waals surface area contributed by atoms with Gasteiger partial charge in [0, 0.05) is 12.7 Å². The summed E-state index contributed by atoms with van der Waals surface area (Å²) < 4.78 is 1.84. The summed E-state index contributed by atoms with van der Waals surface area (Å²) in [6, 6.07) is 21.0. The van der Waals surface area contributed by atoms with Crippen LogP contribution in [0.4, 0.5) is 0 Å². The van der Waals surface area contributed by atoms with Crippen molar-refractivity contribution >= 4 is 17.1 Å². The molecular weight excluding hydrogens is 312 g/mol. The lowest BCUT2D eigenvalue weighted by molar-refractivity contribution is 0.0951. The molecule has 2 aromatic heterocycles. The van der Waals surface area contributed by atoms with Crippen molar-refractivity contribution in [3.05, 3.63) is 90.4 Å². The van der Waals surface area contributed by atoms with Crippen molar-refractivity contribution < 1.29 is 4.79 Å². The third-order valence-electron chi connectivity index (χ3n) is 4.01. The van der Waals surface area contributed by atoms with E-state index in [0.717, 1.165) is 22.4 Å². The number of carbonyl (C=O) groups excluding carboxylic acids is 1. The molecule has 2 heterocycles. The molecule has 4 aromatic rings. The number of aromatic nitrogens is 3. The van der Waals surface area contributed by atoms with Gasteiger partial charge in [0.2, 0.25) is 0 Å². The van der Waals surface area contributed by atoms with Gasteiger partial charge in [-0.3, -0.25) is 9.36 Å². The van der Waals surface area contributed by atoms with Crippen LogP contribution in [0.1, 0.15) is 15.9 Å². The number of imidazole rings is 1. The van der Waals surface area contributed by atoms with Crippen LogP contribution in [-0.2, 0) is 6.54 Å². The van der Waals surface area contributed by atoms with Gasteiger partial charge in [0.15, 0.2) is 5.65 Å². The number of benzene rings is 2. The van der Waals surface area contributed by atoms with Crippen molar-refractivity contribution in [3.63, 3.8) is 0 Å². The van der Waals surface area contributed by atoms with E-state index in [4.69, 9.17) is 0 Å². The Bertz CT molecular complexity index is 1020. The summed E-state index contributed by atoms with van der Waals surface area (Å²) in [5.74, 6) is -0.128. The molecule has 5 heteroatoms. The molecule has 122 valence electrons. The molecule has 0 aliphatic carbocycles. The van der Waals surface area contributed by atoms with Gasteiger partial charge >= 0.3 is 0 Å². The van der Waals surface area contributed by atoms with Crippen LogP contribution in [0.3, 0.4) is 0 Å². The quantitative estimate of drug-likeness (QED) is 0.625. The van der Waals surface area contributed by atoms with E-state index in [-0.39, 0.29) is 5.91 Å². The number of fused-ring (bicyclic) bond motifs is 1. The predicted octanol–water partition coefficient (Wildman–Crippen LogP) is 3.35. The van der Waals surface area contributed by atoms with Crippen LogP contribution in [0.15, 0.2) is 79.3 Å².